The highest BCUT2D eigenvalue weighted by atomic mass is 32.1. The standard InChI is InChI=1S/C11H18N2O3S/c1-5-9(4)13-16-11(17)12-6-7-15-10(14)8(2)3/h2,5-7H2,1,3-4H3,(H,12,17). The molecule has 0 unspecified atom stereocenters. The Labute approximate surface area is 107 Å². The summed E-state index contributed by atoms with van der Waals surface area (Å²) in [7, 11) is 0. The van der Waals surface area contributed by atoms with Crippen molar-refractivity contribution in [3.8, 4) is 0 Å². The molecular formula is C11H18N2O3S. The maximum absolute atomic E-state index is 11.0. The van der Waals surface area contributed by atoms with E-state index in [0.717, 1.165) is 12.1 Å². The van der Waals surface area contributed by atoms with E-state index in [4.69, 9.17) is 21.8 Å². The molecule has 1 N–H and O–H groups in total. The van der Waals surface area contributed by atoms with Gasteiger partial charge >= 0.3 is 5.97 Å². The van der Waals surface area contributed by atoms with Crippen molar-refractivity contribution in [3.05, 3.63) is 12.2 Å². The lowest BCUT2D eigenvalue weighted by molar-refractivity contribution is -0.138. The summed E-state index contributed by atoms with van der Waals surface area (Å²) >= 11 is 4.85. The minimum atomic E-state index is -0.418. The topological polar surface area (TPSA) is 59.9 Å². The first-order valence-electron chi connectivity index (χ1n) is 5.28. The normalized spacial score (nSPS) is 10.6. The van der Waals surface area contributed by atoms with Gasteiger partial charge in [-0.25, -0.2) is 4.79 Å². The van der Waals surface area contributed by atoms with Crippen LogP contribution in [0.15, 0.2) is 17.3 Å². The molecule has 0 radical (unpaired) electrons. The molecule has 0 aliphatic heterocycles. The summed E-state index contributed by atoms with van der Waals surface area (Å²) in [5.74, 6) is -0.418. The number of carbonyl (C=O) groups excluding carboxylic acids is 1. The Bertz CT molecular complexity index is 327. The van der Waals surface area contributed by atoms with Gasteiger partial charge in [-0.1, -0.05) is 18.7 Å². The molecule has 0 saturated carbocycles. The third-order valence-electron chi connectivity index (χ3n) is 1.75. The summed E-state index contributed by atoms with van der Waals surface area (Å²) in [6.07, 6.45) is 0.804. The molecule has 0 atom stereocenters. The molecule has 0 aliphatic carbocycles. The van der Waals surface area contributed by atoms with Crippen molar-refractivity contribution in [1.29, 1.82) is 0 Å². The van der Waals surface area contributed by atoms with Crippen LogP contribution >= 0.6 is 12.2 Å². The highest BCUT2D eigenvalue weighted by molar-refractivity contribution is 7.80. The van der Waals surface area contributed by atoms with Gasteiger partial charge in [0.25, 0.3) is 5.17 Å². The predicted octanol–water partition coefficient (Wildman–Crippen LogP) is 1.78. The number of esters is 1. The molecule has 0 rings (SSSR count). The summed E-state index contributed by atoms with van der Waals surface area (Å²) in [5.41, 5.74) is 1.22. The lowest BCUT2D eigenvalue weighted by atomic mass is 10.3. The van der Waals surface area contributed by atoms with E-state index in [1.54, 1.807) is 6.92 Å². The van der Waals surface area contributed by atoms with Gasteiger partial charge in [0.1, 0.15) is 6.61 Å². The highest BCUT2D eigenvalue weighted by Gasteiger charge is 2.02. The van der Waals surface area contributed by atoms with Crippen LogP contribution in [0.3, 0.4) is 0 Å². The second-order valence-electron chi connectivity index (χ2n) is 3.40. The minimum Gasteiger partial charge on any atom is -0.460 e. The molecule has 0 heterocycles. The zero-order valence-corrected chi connectivity index (χ0v) is 11.2. The Morgan fingerprint density at radius 1 is 1.47 bits per heavy atom. The van der Waals surface area contributed by atoms with Crippen molar-refractivity contribution in [2.24, 2.45) is 5.16 Å². The van der Waals surface area contributed by atoms with E-state index in [2.05, 4.69) is 17.1 Å². The van der Waals surface area contributed by atoms with Gasteiger partial charge in [0.05, 0.1) is 12.3 Å². The first kappa shape index (κ1) is 15.6. The van der Waals surface area contributed by atoms with Crippen LogP contribution in [0.2, 0.25) is 0 Å². The van der Waals surface area contributed by atoms with Gasteiger partial charge in [-0.05, 0) is 32.5 Å². The average Bonchev–Trinajstić information content (AvgIpc) is 2.30. The fraction of sp³-hybridized carbons (Fsp3) is 0.545. The second kappa shape index (κ2) is 8.69. The predicted molar refractivity (Wildman–Crippen MR) is 70.9 cm³/mol. The largest absolute Gasteiger partial charge is 0.460 e. The number of nitrogens with zero attached hydrogens (tertiary/aromatic N) is 1. The van der Waals surface area contributed by atoms with Gasteiger partial charge in [0, 0.05) is 5.57 Å². The van der Waals surface area contributed by atoms with Crippen LogP contribution in [0.4, 0.5) is 0 Å². The first-order chi connectivity index (χ1) is 7.97. The highest BCUT2D eigenvalue weighted by Crippen LogP contribution is 1.91. The Morgan fingerprint density at radius 2 is 2.12 bits per heavy atom. The number of rotatable bonds is 6. The van der Waals surface area contributed by atoms with E-state index < -0.39 is 5.97 Å². The molecule has 0 bridgehead atoms. The summed E-state index contributed by atoms with van der Waals surface area (Å²) in [6, 6.07) is 0. The molecule has 0 aromatic heterocycles. The van der Waals surface area contributed by atoms with Crippen LogP contribution in [0.1, 0.15) is 27.2 Å². The molecule has 6 heteroatoms. The van der Waals surface area contributed by atoms with Crippen LogP contribution in [0.5, 0.6) is 0 Å². The van der Waals surface area contributed by atoms with Crippen LogP contribution in [0, 0.1) is 0 Å². The quantitative estimate of drug-likeness (QED) is 0.196. The average molecular weight is 258 g/mol. The number of ether oxygens (including phenoxy) is 1. The zero-order chi connectivity index (χ0) is 13.3. The van der Waals surface area contributed by atoms with Gasteiger partial charge in [0.2, 0.25) is 0 Å². The van der Waals surface area contributed by atoms with E-state index >= 15 is 0 Å². The van der Waals surface area contributed by atoms with Gasteiger partial charge in [-0.3, -0.25) is 0 Å². The third kappa shape index (κ3) is 8.38. The summed E-state index contributed by atoms with van der Waals surface area (Å²) in [6.45, 7) is 9.44. The van der Waals surface area contributed by atoms with E-state index in [-0.39, 0.29) is 11.8 Å². The molecule has 0 spiro atoms. The monoisotopic (exact) mass is 258 g/mol. The van der Waals surface area contributed by atoms with Gasteiger partial charge in [0.15, 0.2) is 0 Å². The molecule has 5 nitrogen and oxygen atoms in total. The zero-order valence-electron chi connectivity index (χ0n) is 10.4. The number of oxime groups is 1. The second-order valence-corrected chi connectivity index (χ2v) is 3.77. The Kier molecular flexibility index (Phi) is 7.96. The van der Waals surface area contributed by atoms with Crippen molar-refractivity contribution < 1.29 is 14.4 Å². The number of nitrogens with one attached hydrogen (secondary N) is 1. The number of hydrogen-bond acceptors (Lipinski definition) is 5. The molecule has 17 heavy (non-hydrogen) atoms. The molecule has 0 saturated heterocycles. The Hall–Kier alpha value is -1.43. The smallest absolute Gasteiger partial charge is 0.333 e. The van der Waals surface area contributed by atoms with Crippen molar-refractivity contribution in [2.75, 3.05) is 13.2 Å². The molecule has 0 aliphatic rings. The van der Waals surface area contributed by atoms with Gasteiger partial charge in [-0.2, -0.15) is 0 Å². The van der Waals surface area contributed by atoms with E-state index in [1.807, 2.05) is 13.8 Å². The van der Waals surface area contributed by atoms with Crippen LogP contribution in [0.25, 0.3) is 0 Å². The van der Waals surface area contributed by atoms with E-state index in [1.165, 1.54) is 0 Å². The first-order valence-corrected chi connectivity index (χ1v) is 5.69. The Morgan fingerprint density at radius 3 is 2.65 bits per heavy atom. The maximum Gasteiger partial charge on any atom is 0.333 e. The molecule has 0 aromatic rings. The summed E-state index contributed by atoms with van der Waals surface area (Å²) < 4.78 is 4.85. The fourth-order valence-electron chi connectivity index (χ4n) is 0.636. The van der Waals surface area contributed by atoms with Crippen molar-refractivity contribution in [3.63, 3.8) is 0 Å². The van der Waals surface area contributed by atoms with Crippen LogP contribution in [-0.2, 0) is 14.4 Å². The number of carbonyl (C=O) groups is 1. The molecule has 0 aromatic carbocycles. The summed E-state index contributed by atoms with van der Waals surface area (Å²) in [5, 5.41) is 6.68. The number of thiocarbonyl (C=S) groups is 1. The van der Waals surface area contributed by atoms with Gasteiger partial charge < -0.3 is 14.9 Å². The summed E-state index contributed by atoms with van der Waals surface area (Å²) in [4.78, 5) is 15.9. The minimum absolute atomic E-state index is 0.157. The van der Waals surface area contributed by atoms with E-state index in [0.29, 0.717) is 12.1 Å². The van der Waals surface area contributed by atoms with Crippen molar-refractivity contribution in [2.45, 2.75) is 27.2 Å². The SMILES string of the molecule is C=C(C)C(=O)OCCNC(=S)ON=C(C)CC. The fourth-order valence-corrected chi connectivity index (χ4v) is 0.776. The molecule has 96 valence electrons. The van der Waals surface area contributed by atoms with Crippen LogP contribution in [-0.4, -0.2) is 30.0 Å². The molecular weight excluding hydrogens is 240 g/mol. The molecule has 0 amide bonds. The lowest BCUT2D eigenvalue weighted by Crippen LogP contribution is -2.27. The lowest BCUT2D eigenvalue weighted by Gasteiger charge is -2.06. The third-order valence-corrected chi connectivity index (χ3v) is 1.97. The maximum atomic E-state index is 11.0. The number of hydrogen-bond donors (Lipinski definition) is 1. The Balaban J connectivity index is 3.66. The van der Waals surface area contributed by atoms with Crippen molar-refractivity contribution >= 4 is 29.1 Å². The van der Waals surface area contributed by atoms with Gasteiger partial charge in [-0.15, -0.1) is 0 Å². The van der Waals surface area contributed by atoms with Crippen molar-refractivity contribution in [1.82, 2.24) is 5.32 Å². The van der Waals surface area contributed by atoms with E-state index in [9.17, 15) is 4.79 Å². The molecule has 0 fully saturated rings. The van der Waals surface area contributed by atoms with Crippen LogP contribution < -0.4 is 5.32 Å².